The molecular weight excluding hydrogens is 478 g/mol. The van der Waals surface area contributed by atoms with Gasteiger partial charge in [0.05, 0.1) is 17.4 Å². The van der Waals surface area contributed by atoms with E-state index in [1.165, 1.54) is 122 Å². The minimum Gasteiger partial charge on any atom is -0.462 e. The van der Waals surface area contributed by atoms with Crippen molar-refractivity contribution in [2.45, 2.75) is 187 Å². The first-order valence-electron chi connectivity index (χ1n) is 17.7. The van der Waals surface area contributed by atoms with Crippen molar-refractivity contribution < 1.29 is 9.53 Å². The van der Waals surface area contributed by atoms with Gasteiger partial charge in [-0.3, -0.25) is 4.79 Å². The molecule has 0 aromatic rings. The number of hydrogen-bond acceptors (Lipinski definition) is 3. The van der Waals surface area contributed by atoms with E-state index in [1.54, 1.807) is 0 Å². The smallest absolute Gasteiger partial charge is 0.309 e. The van der Waals surface area contributed by atoms with Crippen molar-refractivity contribution in [1.29, 1.82) is 5.26 Å². The van der Waals surface area contributed by atoms with Gasteiger partial charge >= 0.3 is 5.97 Å². The molecule has 0 atom stereocenters. The lowest BCUT2D eigenvalue weighted by atomic mass is 9.68. The fourth-order valence-corrected chi connectivity index (χ4v) is 8.17. The summed E-state index contributed by atoms with van der Waals surface area (Å²) in [6.07, 6.45) is 32.7. The Morgan fingerprint density at radius 1 is 0.692 bits per heavy atom. The Labute approximate surface area is 242 Å². The van der Waals surface area contributed by atoms with E-state index < -0.39 is 0 Å². The van der Waals surface area contributed by atoms with Crippen molar-refractivity contribution >= 4 is 5.97 Å². The molecule has 0 aliphatic heterocycles. The van der Waals surface area contributed by atoms with Crippen LogP contribution in [0.1, 0.15) is 181 Å². The van der Waals surface area contributed by atoms with Crippen molar-refractivity contribution in [2.75, 3.05) is 0 Å². The summed E-state index contributed by atoms with van der Waals surface area (Å²) in [6, 6.07) is 2.66. The zero-order valence-corrected chi connectivity index (χ0v) is 26.0. The number of nitriles is 1. The number of esters is 1. The van der Waals surface area contributed by atoms with Gasteiger partial charge in [0.1, 0.15) is 6.10 Å². The standard InChI is InChI=1S/C36H63NO2/c1-3-5-7-9-10-11-13-15-30-16-18-31(19-17-30)32-20-22-33(23-21-32)35(38)39-34-24-27-36(29-37,28-25-34)26-14-12-8-6-4-2/h30-34H,3-28H2,1-2H3/t30-,31-,32?,33?,34?,36?. The second-order valence-corrected chi connectivity index (χ2v) is 14.0. The predicted octanol–water partition coefficient (Wildman–Crippen LogP) is 11.1. The summed E-state index contributed by atoms with van der Waals surface area (Å²) >= 11 is 0. The molecular formula is C36H63NO2. The maximum Gasteiger partial charge on any atom is 0.309 e. The monoisotopic (exact) mass is 541 g/mol. The van der Waals surface area contributed by atoms with Crippen LogP contribution in [0.15, 0.2) is 0 Å². The molecule has 3 aliphatic carbocycles. The third-order valence-corrected chi connectivity index (χ3v) is 11.0. The lowest BCUT2D eigenvalue weighted by molar-refractivity contribution is -0.158. The topological polar surface area (TPSA) is 50.1 Å². The van der Waals surface area contributed by atoms with Crippen molar-refractivity contribution in [3.63, 3.8) is 0 Å². The molecule has 0 heterocycles. The van der Waals surface area contributed by atoms with Crippen LogP contribution in [0.5, 0.6) is 0 Å². The number of hydrogen-bond donors (Lipinski definition) is 0. The summed E-state index contributed by atoms with van der Waals surface area (Å²) in [5.41, 5.74) is -0.166. The molecule has 3 aliphatic rings. The number of carbonyl (C=O) groups excluding carboxylic acids is 1. The third kappa shape index (κ3) is 11.4. The highest BCUT2D eigenvalue weighted by Gasteiger charge is 2.38. The Morgan fingerprint density at radius 2 is 1.21 bits per heavy atom. The van der Waals surface area contributed by atoms with Gasteiger partial charge in [-0.2, -0.15) is 5.26 Å². The number of carbonyl (C=O) groups is 1. The average molecular weight is 542 g/mol. The van der Waals surface area contributed by atoms with Gasteiger partial charge in [0.2, 0.25) is 0 Å². The minimum atomic E-state index is -0.166. The molecule has 0 aromatic heterocycles. The van der Waals surface area contributed by atoms with Crippen molar-refractivity contribution in [3.8, 4) is 6.07 Å². The summed E-state index contributed by atoms with van der Waals surface area (Å²) < 4.78 is 6.05. The summed E-state index contributed by atoms with van der Waals surface area (Å²) in [7, 11) is 0. The first kappa shape index (κ1) is 32.5. The second-order valence-electron chi connectivity index (χ2n) is 14.0. The number of rotatable bonds is 17. The molecule has 0 aromatic carbocycles. The molecule has 3 saturated carbocycles. The zero-order chi connectivity index (χ0) is 27.8. The highest BCUT2D eigenvalue weighted by molar-refractivity contribution is 5.72. The van der Waals surface area contributed by atoms with Gasteiger partial charge in [0.15, 0.2) is 0 Å². The Kier molecular flexibility index (Phi) is 15.3. The van der Waals surface area contributed by atoms with Crippen LogP contribution < -0.4 is 0 Å². The number of ether oxygens (including phenoxy) is 1. The van der Waals surface area contributed by atoms with Gasteiger partial charge in [0, 0.05) is 0 Å². The Hall–Kier alpha value is -1.04. The normalized spacial score (nSPS) is 31.5. The van der Waals surface area contributed by atoms with Crippen LogP contribution in [-0.4, -0.2) is 12.1 Å². The minimum absolute atomic E-state index is 0.0448. The Balaban J connectivity index is 1.26. The lowest BCUT2D eigenvalue weighted by Crippen LogP contribution is -2.34. The number of unbranched alkanes of at least 4 members (excludes halogenated alkanes) is 10. The van der Waals surface area contributed by atoms with E-state index in [0.717, 1.165) is 62.7 Å². The molecule has 39 heavy (non-hydrogen) atoms. The van der Waals surface area contributed by atoms with E-state index in [4.69, 9.17) is 4.74 Å². The van der Waals surface area contributed by atoms with E-state index in [2.05, 4.69) is 19.9 Å². The van der Waals surface area contributed by atoms with E-state index in [1.807, 2.05) is 0 Å². The van der Waals surface area contributed by atoms with Crippen molar-refractivity contribution in [1.82, 2.24) is 0 Å². The van der Waals surface area contributed by atoms with Crippen LogP contribution >= 0.6 is 0 Å². The van der Waals surface area contributed by atoms with Crippen LogP contribution in [0.3, 0.4) is 0 Å². The molecule has 3 rings (SSSR count). The predicted molar refractivity (Wildman–Crippen MR) is 163 cm³/mol. The first-order chi connectivity index (χ1) is 19.1. The lowest BCUT2D eigenvalue weighted by Gasteiger charge is -2.38. The first-order valence-corrected chi connectivity index (χ1v) is 17.7. The third-order valence-electron chi connectivity index (χ3n) is 11.0. The number of nitrogens with zero attached hydrogens (tertiary/aromatic N) is 1. The van der Waals surface area contributed by atoms with Crippen molar-refractivity contribution in [3.05, 3.63) is 0 Å². The summed E-state index contributed by atoms with van der Waals surface area (Å²) in [6.45, 7) is 4.54. The quantitative estimate of drug-likeness (QED) is 0.136. The van der Waals surface area contributed by atoms with E-state index in [0.29, 0.717) is 0 Å². The van der Waals surface area contributed by atoms with Gasteiger partial charge in [0.25, 0.3) is 0 Å². The molecule has 3 fully saturated rings. The molecule has 0 radical (unpaired) electrons. The Morgan fingerprint density at radius 3 is 1.77 bits per heavy atom. The fraction of sp³-hybridized carbons (Fsp3) is 0.944. The largest absolute Gasteiger partial charge is 0.462 e. The Bertz CT molecular complexity index is 687. The van der Waals surface area contributed by atoms with Gasteiger partial charge in [-0.15, -0.1) is 0 Å². The van der Waals surface area contributed by atoms with E-state index in [9.17, 15) is 10.1 Å². The fourth-order valence-electron chi connectivity index (χ4n) is 8.17. The van der Waals surface area contributed by atoms with E-state index in [-0.39, 0.29) is 23.4 Å². The van der Waals surface area contributed by atoms with Crippen LogP contribution in [-0.2, 0) is 9.53 Å². The second kappa shape index (κ2) is 18.4. The molecule has 0 unspecified atom stereocenters. The SMILES string of the molecule is CCCCCCCCC[C@H]1CC[C@H](C2CCC(C(=O)OC3CCC(C#N)(CCCCCCC)CC3)CC2)CC1. The zero-order valence-electron chi connectivity index (χ0n) is 26.0. The van der Waals surface area contributed by atoms with Crippen LogP contribution in [0.25, 0.3) is 0 Å². The van der Waals surface area contributed by atoms with Crippen LogP contribution in [0, 0.1) is 40.4 Å². The molecule has 3 nitrogen and oxygen atoms in total. The molecule has 0 spiro atoms. The summed E-state index contributed by atoms with van der Waals surface area (Å²) in [5, 5.41) is 9.89. The summed E-state index contributed by atoms with van der Waals surface area (Å²) in [4.78, 5) is 13.0. The molecule has 0 amide bonds. The van der Waals surface area contributed by atoms with Crippen LogP contribution in [0.2, 0.25) is 0 Å². The van der Waals surface area contributed by atoms with Gasteiger partial charge in [-0.1, -0.05) is 110 Å². The van der Waals surface area contributed by atoms with E-state index >= 15 is 0 Å². The highest BCUT2D eigenvalue weighted by atomic mass is 16.5. The van der Waals surface area contributed by atoms with Crippen LogP contribution in [0.4, 0.5) is 0 Å². The molecule has 0 N–H and O–H groups in total. The summed E-state index contributed by atoms with van der Waals surface area (Å²) in [5.74, 6) is 2.93. The van der Waals surface area contributed by atoms with Crippen molar-refractivity contribution in [2.24, 2.45) is 29.1 Å². The maximum absolute atomic E-state index is 13.0. The van der Waals surface area contributed by atoms with Gasteiger partial charge in [-0.25, -0.2) is 0 Å². The molecule has 3 heteroatoms. The maximum atomic E-state index is 13.0. The molecule has 0 saturated heterocycles. The average Bonchev–Trinajstić information content (AvgIpc) is 2.98. The van der Waals surface area contributed by atoms with Gasteiger partial charge in [-0.05, 0) is 88.4 Å². The molecule has 224 valence electrons. The molecule has 0 bridgehead atoms. The highest BCUT2D eigenvalue weighted by Crippen LogP contribution is 2.44. The van der Waals surface area contributed by atoms with Gasteiger partial charge < -0.3 is 4.74 Å².